The molecule has 0 aliphatic heterocycles. The van der Waals surface area contributed by atoms with Gasteiger partial charge in [0.2, 0.25) is 5.75 Å². The molecule has 0 saturated heterocycles. The Kier molecular flexibility index (Phi) is 18.2. The summed E-state index contributed by atoms with van der Waals surface area (Å²) in [5, 5.41) is 9.09. The smallest absolute Gasteiger partial charge is 0.311 e. The molecule has 42 heavy (non-hydrogen) atoms. The lowest BCUT2D eigenvalue weighted by atomic mass is 9.87. The Morgan fingerprint density at radius 3 is 2.10 bits per heavy atom. The Morgan fingerprint density at radius 2 is 1.52 bits per heavy atom. The fraction of sp³-hybridized carbons (Fsp3) is 0.500. The Balaban J connectivity index is 0.00000114. The first-order chi connectivity index (χ1) is 19.9. The van der Waals surface area contributed by atoms with Crippen molar-refractivity contribution < 1.29 is 28.9 Å². The van der Waals surface area contributed by atoms with Crippen molar-refractivity contribution in [1.82, 2.24) is 4.98 Å². The van der Waals surface area contributed by atoms with E-state index in [0.717, 1.165) is 56.0 Å². The lowest BCUT2D eigenvalue weighted by Crippen LogP contribution is -2.11. The van der Waals surface area contributed by atoms with Crippen LogP contribution in [0, 0.1) is 0 Å². The summed E-state index contributed by atoms with van der Waals surface area (Å²) in [7, 11) is 3.21. The molecule has 1 heterocycles. The van der Waals surface area contributed by atoms with Gasteiger partial charge < -0.3 is 19.3 Å². The molecule has 0 bridgehead atoms. The van der Waals surface area contributed by atoms with Crippen LogP contribution >= 0.6 is 17.0 Å². The SMILES string of the molecule is Br.CCCC(=O)O.CCCCCCCC(=O)Oc1c(OC)cc(C(CCC)Cc2ccnc3ccccc23)cc1OC. The zero-order valence-electron chi connectivity index (χ0n) is 25.8. The summed E-state index contributed by atoms with van der Waals surface area (Å²) in [4.78, 5) is 26.6. The number of carboxylic acid groups (broad SMARTS) is 1. The molecule has 8 heteroatoms. The van der Waals surface area contributed by atoms with E-state index in [1.165, 1.54) is 23.8 Å². The summed E-state index contributed by atoms with van der Waals surface area (Å²) in [6, 6.07) is 14.4. The highest BCUT2D eigenvalue weighted by atomic mass is 79.9. The van der Waals surface area contributed by atoms with Crippen molar-refractivity contribution >= 4 is 39.8 Å². The van der Waals surface area contributed by atoms with E-state index in [4.69, 9.17) is 19.3 Å². The molecule has 0 radical (unpaired) electrons. The number of nitrogens with zero attached hydrogens (tertiary/aromatic N) is 1. The van der Waals surface area contributed by atoms with Crippen LogP contribution in [0.3, 0.4) is 0 Å². The third-order valence-corrected chi connectivity index (χ3v) is 6.96. The average molecular weight is 647 g/mol. The molecule has 0 amide bonds. The number of hydrogen-bond acceptors (Lipinski definition) is 6. The maximum Gasteiger partial charge on any atom is 0.311 e. The number of para-hydroxylation sites is 1. The molecular weight excluding hydrogens is 598 g/mol. The zero-order chi connectivity index (χ0) is 30.0. The highest BCUT2D eigenvalue weighted by Gasteiger charge is 2.22. The molecule has 1 N–H and O–H groups in total. The molecule has 232 valence electrons. The molecule has 7 nitrogen and oxygen atoms in total. The second-order valence-electron chi connectivity index (χ2n) is 10.2. The van der Waals surface area contributed by atoms with Gasteiger partial charge in [0.25, 0.3) is 0 Å². The first-order valence-electron chi connectivity index (χ1n) is 14.9. The average Bonchev–Trinajstić information content (AvgIpc) is 2.97. The molecule has 2 aromatic carbocycles. The van der Waals surface area contributed by atoms with Crippen LogP contribution in [-0.4, -0.2) is 36.2 Å². The molecular formula is C34H48BrNO6. The third kappa shape index (κ3) is 12.0. The highest BCUT2D eigenvalue weighted by molar-refractivity contribution is 8.93. The van der Waals surface area contributed by atoms with Gasteiger partial charge in [-0.1, -0.05) is 71.1 Å². The quantitative estimate of drug-likeness (QED) is 0.0942. The Bertz CT molecular complexity index is 1200. The van der Waals surface area contributed by atoms with Gasteiger partial charge in [0.05, 0.1) is 19.7 Å². The van der Waals surface area contributed by atoms with Crippen molar-refractivity contribution in [1.29, 1.82) is 0 Å². The number of esters is 1. The molecule has 0 aliphatic carbocycles. The van der Waals surface area contributed by atoms with E-state index in [1.807, 2.05) is 37.4 Å². The predicted octanol–water partition coefficient (Wildman–Crippen LogP) is 9.09. The van der Waals surface area contributed by atoms with Crippen LogP contribution in [0.5, 0.6) is 17.2 Å². The van der Waals surface area contributed by atoms with Gasteiger partial charge in [-0.25, -0.2) is 0 Å². The number of aliphatic carboxylic acids is 1. The van der Waals surface area contributed by atoms with E-state index in [1.54, 1.807) is 14.2 Å². The number of fused-ring (bicyclic) bond motifs is 1. The van der Waals surface area contributed by atoms with Crippen LogP contribution in [0.15, 0.2) is 48.7 Å². The van der Waals surface area contributed by atoms with Gasteiger partial charge >= 0.3 is 11.9 Å². The number of methoxy groups -OCH3 is 2. The van der Waals surface area contributed by atoms with E-state index in [2.05, 4.69) is 37.0 Å². The Hall–Kier alpha value is -3.13. The molecule has 0 saturated carbocycles. The van der Waals surface area contributed by atoms with Crippen LogP contribution < -0.4 is 14.2 Å². The lowest BCUT2D eigenvalue weighted by Gasteiger charge is -2.21. The van der Waals surface area contributed by atoms with Crippen LogP contribution in [0.4, 0.5) is 0 Å². The van der Waals surface area contributed by atoms with Gasteiger partial charge in [-0.05, 0) is 67.0 Å². The number of pyridine rings is 1. The number of carboxylic acids is 1. The molecule has 0 spiro atoms. The fourth-order valence-corrected chi connectivity index (χ4v) is 4.82. The van der Waals surface area contributed by atoms with Gasteiger partial charge in [0.1, 0.15) is 0 Å². The second kappa shape index (κ2) is 20.7. The molecule has 0 aliphatic rings. The monoisotopic (exact) mass is 645 g/mol. The van der Waals surface area contributed by atoms with Crippen LogP contribution in [0.25, 0.3) is 10.9 Å². The number of hydrogen-bond donors (Lipinski definition) is 1. The third-order valence-electron chi connectivity index (χ3n) is 6.96. The van der Waals surface area contributed by atoms with Crippen molar-refractivity contribution in [3.63, 3.8) is 0 Å². The van der Waals surface area contributed by atoms with E-state index < -0.39 is 5.97 Å². The van der Waals surface area contributed by atoms with Crippen LogP contribution in [0.1, 0.15) is 102 Å². The minimum Gasteiger partial charge on any atom is -0.493 e. The minimum atomic E-state index is -0.711. The van der Waals surface area contributed by atoms with E-state index in [-0.39, 0.29) is 28.9 Å². The number of aromatic nitrogens is 1. The normalized spacial score (nSPS) is 11.1. The van der Waals surface area contributed by atoms with Crippen molar-refractivity contribution in [2.45, 2.75) is 97.3 Å². The molecule has 3 rings (SSSR count). The first kappa shape index (κ1) is 36.9. The molecule has 1 aromatic heterocycles. The summed E-state index contributed by atoms with van der Waals surface area (Å²) in [6.45, 7) is 6.22. The predicted molar refractivity (Wildman–Crippen MR) is 175 cm³/mol. The number of benzene rings is 2. The summed E-state index contributed by atoms with van der Waals surface area (Å²) in [5.41, 5.74) is 3.39. The van der Waals surface area contributed by atoms with E-state index >= 15 is 0 Å². The number of rotatable bonds is 16. The Labute approximate surface area is 261 Å². The lowest BCUT2D eigenvalue weighted by molar-refractivity contribution is -0.137. The Morgan fingerprint density at radius 1 is 0.857 bits per heavy atom. The standard InChI is InChI=1S/C30H39NO4.C4H8O2.BrH/c1-5-7-8-9-10-16-29(32)35-30-27(33-3)20-24(21-28(30)34-4)22(13-6-2)19-23-17-18-31-26-15-12-11-14-25(23)26;1-2-3-4(5)6;/h11-12,14-15,17-18,20-22H,5-10,13,16,19H2,1-4H3;2-3H2,1H3,(H,5,6);1H. The molecule has 0 fully saturated rings. The second-order valence-corrected chi connectivity index (χ2v) is 10.2. The highest BCUT2D eigenvalue weighted by Crippen LogP contribution is 2.42. The topological polar surface area (TPSA) is 95.0 Å². The van der Waals surface area contributed by atoms with Gasteiger partial charge in [-0.3, -0.25) is 14.6 Å². The summed E-state index contributed by atoms with van der Waals surface area (Å²) in [6.07, 6.45) is 11.6. The van der Waals surface area contributed by atoms with Crippen molar-refractivity contribution in [2.24, 2.45) is 0 Å². The molecule has 1 unspecified atom stereocenters. The van der Waals surface area contributed by atoms with Crippen LogP contribution in [0.2, 0.25) is 0 Å². The van der Waals surface area contributed by atoms with E-state index in [0.29, 0.717) is 30.1 Å². The number of unbranched alkanes of at least 4 members (excludes halogenated alkanes) is 4. The van der Waals surface area contributed by atoms with Gasteiger partial charge in [0, 0.05) is 24.4 Å². The van der Waals surface area contributed by atoms with Crippen molar-refractivity contribution in [3.8, 4) is 17.2 Å². The van der Waals surface area contributed by atoms with Gasteiger partial charge in [-0.2, -0.15) is 0 Å². The number of halogens is 1. The first-order valence-corrected chi connectivity index (χ1v) is 14.9. The van der Waals surface area contributed by atoms with Crippen LogP contribution in [-0.2, 0) is 16.0 Å². The van der Waals surface area contributed by atoms with Crippen molar-refractivity contribution in [3.05, 3.63) is 59.8 Å². The summed E-state index contributed by atoms with van der Waals surface area (Å²) in [5.74, 6) is 0.717. The van der Waals surface area contributed by atoms with Crippen molar-refractivity contribution in [2.75, 3.05) is 14.2 Å². The zero-order valence-corrected chi connectivity index (χ0v) is 27.5. The summed E-state index contributed by atoms with van der Waals surface area (Å²) >= 11 is 0. The fourth-order valence-electron chi connectivity index (χ4n) is 4.82. The molecule has 3 aromatic rings. The molecule has 1 atom stereocenters. The number of carbonyl (C=O) groups excluding carboxylic acids is 1. The van der Waals surface area contributed by atoms with Gasteiger partial charge in [0.15, 0.2) is 11.5 Å². The number of carbonyl (C=O) groups is 2. The number of ether oxygens (including phenoxy) is 3. The summed E-state index contributed by atoms with van der Waals surface area (Å²) < 4.78 is 17.1. The minimum absolute atomic E-state index is 0. The maximum atomic E-state index is 12.5. The largest absolute Gasteiger partial charge is 0.493 e. The van der Waals surface area contributed by atoms with E-state index in [9.17, 15) is 9.59 Å². The maximum absolute atomic E-state index is 12.5. The van der Waals surface area contributed by atoms with Gasteiger partial charge in [-0.15, -0.1) is 17.0 Å².